The average molecular weight is 685 g/mol. The minimum absolute atomic E-state index is 0.303. The maximum Gasteiger partial charge on any atom is 0.335 e. The van der Waals surface area contributed by atoms with Crippen LogP contribution in [0.3, 0.4) is 0 Å². The van der Waals surface area contributed by atoms with Crippen molar-refractivity contribution < 1.29 is 59.2 Å². The summed E-state index contributed by atoms with van der Waals surface area (Å²) >= 11 is 0. The second-order valence-electron chi connectivity index (χ2n) is 11.4. The van der Waals surface area contributed by atoms with Crippen molar-refractivity contribution in [3.05, 3.63) is 59.7 Å². The number of rotatable bonds is 21. The summed E-state index contributed by atoms with van der Waals surface area (Å²) in [6.45, 7) is 11.3. The summed E-state index contributed by atoms with van der Waals surface area (Å²) in [6.07, 6.45) is -3.71. The zero-order valence-corrected chi connectivity index (χ0v) is 28.9. The summed E-state index contributed by atoms with van der Waals surface area (Å²) in [5.74, 6) is -1.97. The summed E-state index contributed by atoms with van der Waals surface area (Å²) < 4.78 is 21.1. The number of aliphatic hydroxyl groups excluding tert-OH is 4. The van der Waals surface area contributed by atoms with Crippen molar-refractivity contribution in [1.82, 2.24) is 10.6 Å². The van der Waals surface area contributed by atoms with Gasteiger partial charge in [0.25, 0.3) is 0 Å². The molecule has 0 aliphatic carbocycles. The molecule has 0 aromatic heterocycles. The number of carbonyl (C=O) groups is 2. The molecule has 0 amide bonds. The SMILES string of the molecule is COCCc1ccc(OCC(O)CNC(C)C)cc1.COCCc1ccc(OCC(O)CNC(C)C)cc1.O=C(O)[C@H](O)[C@@H](O)C(=O)O. The third kappa shape index (κ3) is 23.1. The van der Waals surface area contributed by atoms with Crippen molar-refractivity contribution in [2.45, 2.75) is 77.0 Å². The van der Waals surface area contributed by atoms with Crippen LogP contribution in [0.2, 0.25) is 0 Å². The van der Waals surface area contributed by atoms with E-state index in [0.717, 1.165) is 37.6 Å². The lowest BCUT2D eigenvalue weighted by molar-refractivity contribution is -0.165. The molecule has 0 bridgehead atoms. The summed E-state index contributed by atoms with van der Waals surface area (Å²) in [5, 5.41) is 58.3. The van der Waals surface area contributed by atoms with Gasteiger partial charge >= 0.3 is 11.9 Å². The molecule has 0 aliphatic heterocycles. The number of benzene rings is 2. The van der Waals surface area contributed by atoms with E-state index in [1.165, 1.54) is 11.1 Å². The molecule has 2 rings (SSSR count). The second-order valence-corrected chi connectivity index (χ2v) is 11.4. The molecular weight excluding hydrogens is 628 g/mol. The number of methoxy groups -OCH3 is 2. The van der Waals surface area contributed by atoms with Crippen LogP contribution in [-0.2, 0) is 31.9 Å². The Morgan fingerprint density at radius 2 is 0.917 bits per heavy atom. The molecular formula is C34H56N2O12. The fraction of sp³-hybridized carbons (Fsp3) is 0.588. The molecule has 0 saturated carbocycles. The van der Waals surface area contributed by atoms with Crippen LogP contribution in [0.5, 0.6) is 11.5 Å². The Morgan fingerprint density at radius 3 is 1.17 bits per heavy atom. The van der Waals surface area contributed by atoms with Gasteiger partial charge in [-0.3, -0.25) is 0 Å². The predicted molar refractivity (Wildman–Crippen MR) is 181 cm³/mol. The molecule has 2 aromatic rings. The fourth-order valence-electron chi connectivity index (χ4n) is 3.46. The lowest BCUT2D eigenvalue weighted by Crippen LogP contribution is -2.39. The van der Waals surface area contributed by atoms with Gasteiger partial charge in [-0.2, -0.15) is 0 Å². The van der Waals surface area contributed by atoms with Crippen molar-refractivity contribution in [3.63, 3.8) is 0 Å². The molecule has 0 heterocycles. The van der Waals surface area contributed by atoms with Gasteiger partial charge in [-0.25, -0.2) is 9.59 Å². The first-order valence-electron chi connectivity index (χ1n) is 15.8. The van der Waals surface area contributed by atoms with Crippen LogP contribution in [0.1, 0.15) is 38.8 Å². The van der Waals surface area contributed by atoms with Crippen molar-refractivity contribution in [1.29, 1.82) is 0 Å². The molecule has 0 spiro atoms. The van der Waals surface area contributed by atoms with Crippen LogP contribution in [0.15, 0.2) is 48.5 Å². The topological polar surface area (TPSA) is 216 Å². The Bertz CT molecular complexity index is 1010. The number of ether oxygens (including phenoxy) is 4. The molecule has 0 radical (unpaired) electrons. The lowest BCUT2D eigenvalue weighted by atomic mass is 10.1. The maximum atomic E-state index is 9.77. The fourth-order valence-corrected chi connectivity index (χ4v) is 3.46. The predicted octanol–water partition coefficient (Wildman–Crippen LogP) is 1.10. The van der Waals surface area contributed by atoms with E-state index in [-0.39, 0.29) is 0 Å². The summed E-state index contributed by atoms with van der Waals surface area (Å²) in [5.41, 5.74) is 2.44. The average Bonchev–Trinajstić information content (AvgIpc) is 3.06. The van der Waals surface area contributed by atoms with E-state index >= 15 is 0 Å². The molecule has 274 valence electrons. The Morgan fingerprint density at radius 1 is 0.604 bits per heavy atom. The minimum Gasteiger partial charge on any atom is -0.491 e. The number of hydrogen-bond acceptors (Lipinski definition) is 12. The smallest absolute Gasteiger partial charge is 0.335 e. The zero-order valence-electron chi connectivity index (χ0n) is 28.9. The normalized spacial score (nSPS) is 13.3. The quantitative estimate of drug-likeness (QED) is 0.0925. The van der Waals surface area contributed by atoms with Gasteiger partial charge in [0.15, 0.2) is 12.2 Å². The van der Waals surface area contributed by atoms with Gasteiger partial charge < -0.3 is 60.2 Å². The third-order valence-electron chi connectivity index (χ3n) is 6.25. The highest BCUT2D eigenvalue weighted by Gasteiger charge is 2.29. The number of carboxylic acid groups (broad SMARTS) is 2. The standard InChI is InChI=1S/2C15H25NO3.C4H6O6/c2*1-12(2)16-10-14(17)11-19-15-6-4-13(5-7-15)8-9-18-3;5-1(3(7)8)2(6)4(9)10/h2*4-7,12,14,16-17H,8-11H2,1-3H3;1-2,5-6H,(H,7,8)(H,9,10)/t;;1-,2-/m..1/s1. The first-order valence-corrected chi connectivity index (χ1v) is 15.8. The number of aliphatic hydroxyl groups is 4. The molecule has 0 saturated heterocycles. The summed E-state index contributed by atoms with van der Waals surface area (Å²) in [4.78, 5) is 19.5. The van der Waals surface area contributed by atoms with Crippen LogP contribution < -0.4 is 20.1 Å². The highest BCUT2D eigenvalue weighted by Crippen LogP contribution is 2.14. The maximum absolute atomic E-state index is 9.77. The van der Waals surface area contributed by atoms with Gasteiger partial charge in [0.05, 0.1) is 13.2 Å². The monoisotopic (exact) mass is 684 g/mol. The molecule has 4 atom stereocenters. The van der Waals surface area contributed by atoms with E-state index in [1.54, 1.807) is 14.2 Å². The van der Waals surface area contributed by atoms with Gasteiger partial charge in [0.1, 0.15) is 36.9 Å². The molecule has 2 aromatic carbocycles. The van der Waals surface area contributed by atoms with Gasteiger partial charge in [0, 0.05) is 39.4 Å². The first kappa shape index (κ1) is 44.7. The largest absolute Gasteiger partial charge is 0.491 e. The third-order valence-corrected chi connectivity index (χ3v) is 6.25. The van der Waals surface area contributed by atoms with E-state index < -0.39 is 36.4 Å². The van der Waals surface area contributed by atoms with Crippen molar-refractivity contribution in [3.8, 4) is 11.5 Å². The van der Waals surface area contributed by atoms with E-state index in [0.29, 0.717) is 38.4 Å². The van der Waals surface area contributed by atoms with Gasteiger partial charge in [-0.15, -0.1) is 0 Å². The van der Waals surface area contributed by atoms with Crippen LogP contribution in [0, 0.1) is 0 Å². The van der Waals surface area contributed by atoms with E-state index in [9.17, 15) is 19.8 Å². The molecule has 8 N–H and O–H groups in total. The number of hydrogen-bond donors (Lipinski definition) is 8. The molecule has 0 fully saturated rings. The van der Waals surface area contributed by atoms with E-state index in [1.807, 2.05) is 76.2 Å². The zero-order chi connectivity index (χ0) is 36.5. The summed E-state index contributed by atoms with van der Waals surface area (Å²) in [6, 6.07) is 16.5. The van der Waals surface area contributed by atoms with E-state index in [4.69, 9.17) is 39.4 Å². The van der Waals surface area contributed by atoms with Crippen molar-refractivity contribution in [2.24, 2.45) is 0 Å². The van der Waals surface area contributed by atoms with E-state index in [2.05, 4.69) is 10.6 Å². The van der Waals surface area contributed by atoms with Crippen molar-refractivity contribution >= 4 is 11.9 Å². The van der Waals surface area contributed by atoms with Gasteiger partial charge in [-0.05, 0) is 48.2 Å². The molecule has 0 aliphatic rings. The highest BCUT2D eigenvalue weighted by atomic mass is 16.5. The summed E-state index contributed by atoms with van der Waals surface area (Å²) in [7, 11) is 3.40. The Balaban J connectivity index is 0.000000727. The minimum atomic E-state index is -2.27. The number of aliphatic carboxylic acids is 2. The molecule has 14 nitrogen and oxygen atoms in total. The van der Waals surface area contributed by atoms with Crippen LogP contribution in [0.4, 0.5) is 0 Å². The Labute approximate surface area is 283 Å². The first-order chi connectivity index (χ1) is 22.7. The second kappa shape index (κ2) is 26.6. The highest BCUT2D eigenvalue weighted by molar-refractivity contribution is 5.83. The number of nitrogens with one attached hydrogen (secondary N) is 2. The van der Waals surface area contributed by atoms with Gasteiger partial charge in [-0.1, -0.05) is 52.0 Å². The molecule has 14 heteroatoms. The molecule has 2 unspecified atom stereocenters. The Hall–Kier alpha value is -3.34. The van der Waals surface area contributed by atoms with Crippen LogP contribution in [-0.4, -0.2) is 133 Å². The van der Waals surface area contributed by atoms with Crippen molar-refractivity contribution in [2.75, 3.05) is 53.7 Å². The lowest BCUT2D eigenvalue weighted by Gasteiger charge is -2.15. The molecule has 48 heavy (non-hydrogen) atoms. The van der Waals surface area contributed by atoms with Gasteiger partial charge in [0.2, 0.25) is 0 Å². The number of carboxylic acids is 2. The van der Waals surface area contributed by atoms with Crippen LogP contribution in [0.25, 0.3) is 0 Å². The Kier molecular flexibility index (Phi) is 24.7. The van der Waals surface area contributed by atoms with Crippen LogP contribution >= 0.6 is 0 Å².